The molecule has 3 N–H and O–H groups in total. The van der Waals surface area contributed by atoms with E-state index in [9.17, 15) is 4.79 Å². The van der Waals surface area contributed by atoms with Crippen LogP contribution in [0, 0.1) is 0 Å². The highest BCUT2D eigenvalue weighted by Gasteiger charge is 2.39. The molecule has 1 aromatic rings. The first-order valence-corrected chi connectivity index (χ1v) is 6.83. The molecule has 1 amide bonds. The summed E-state index contributed by atoms with van der Waals surface area (Å²) in [6.07, 6.45) is 3.92. The minimum atomic E-state index is -0.345. The number of hydrogen-bond donors (Lipinski definition) is 2. The molecule has 1 fully saturated rings. The Balaban J connectivity index is 1.77. The number of amides is 1. The summed E-state index contributed by atoms with van der Waals surface area (Å²) in [5.41, 5.74) is 7.16. The van der Waals surface area contributed by atoms with E-state index in [0.717, 1.165) is 25.7 Å². The van der Waals surface area contributed by atoms with Crippen LogP contribution >= 0.6 is 0 Å². The smallest absolute Gasteiger partial charge is 0.237 e. The molecule has 3 atom stereocenters. The molecule has 3 unspecified atom stereocenters. The van der Waals surface area contributed by atoms with Crippen molar-refractivity contribution in [3.8, 4) is 0 Å². The van der Waals surface area contributed by atoms with Gasteiger partial charge in [0.2, 0.25) is 5.91 Å². The molecule has 1 aliphatic rings. The van der Waals surface area contributed by atoms with Crippen LogP contribution in [0.15, 0.2) is 30.3 Å². The van der Waals surface area contributed by atoms with Gasteiger partial charge in [0.25, 0.3) is 0 Å². The number of unbranched alkanes of at least 4 members (excludes halogenated alkanes) is 1. The second-order valence-corrected chi connectivity index (χ2v) is 5.12. The summed E-state index contributed by atoms with van der Waals surface area (Å²) in [5, 5.41) is 3.05. The van der Waals surface area contributed by atoms with Gasteiger partial charge in [0.15, 0.2) is 0 Å². The topological polar surface area (TPSA) is 55.1 Å². The molecule has 1 aliphatic carbocycles. The van der Waals surface area contributed by atoms with Gasteiger partial charge in [-0.1, -0.05) is 50.1 Å². The largest absolute Gasteiger partial charge is 0.351 e. The highest BCUT2D eigenvalue weighted by atomic mass is 16.2. The van der Waals surface area contributed by atoms with Gasteiger partial charge in [-0.05, 0) is 18.4 Å². The maximum atomic E-state index is 11.8. The second kappa shape index (κ2) is 6.01. The Morgan fingerprint density at radius 1 is 1.44 bits per heavy atom. The Morgan fingerprint density at radius 2 is 2.17 bits per heavy atom. The first kappa shape index (κ1) is 13.1. The number of nitrogens with one attached hydrogen (secondary N) is 1. The average Bonchev–Trinajstić information content (AvgIpc) is 3.16. The van der Waals surface area contributed by atoms with Crippen molar-refractivity contribution in [3.63, 3.8) is 0 Å². The normalized spacial score (nSPS) is 23.4. The number of carbonyl (C=O) groups is 1. The van der Waals surface area contributed by atoms with E-state index in [-0.39, 0.29) is 18.0 Å². The van der Waals surface area contributed by atoms with E-state index in [4.69, 9.17) is 5.73 Å². The van der Waals surface area contributed by atoms with Crippen LogP contribution in [-0.2, 0) is 4.79 Å². The summed E-state index contributed by atoms with van der Waals surface area (Å²) in [7, 11) is 0. The molecular formula is C15H22N2O. The van der Waals surface area contributed by atoms with Gasteiger partial charge in [0, 0.05) is 12.0 Å². The van der Waals surface area contributed by atoms with Crippen LogP contribution in [0.1, 0.15) is 44.1 Å². The lowest BCUT2D eigenvalue weighted by Gasteiger charge is -2.11. The van der Waals surface area contributed by atoms with E-state index in [1.54, 1.807) is 0 Å². The molecule has 0 aliphatic heterocycles. The molecule has 3 nitrogen and oxygen atoms in total. The van der Waals surface area contributed by atoms with Gasteiger partial charge in [0.05, 0.1) is 6.04 Å². The highest BCUT2D eigenvalue weighted by molar-refractivity contribution is 5.82. The fourth-order valence-corrected chi connectivity index (χ4v) is 2.27. The summed E-state index contributed by atoms with van der Waals surface area (Å²) in [5.74, 6) is 0.486. The van der Waals surface area contributed by atoms with Crippen LogP contribution in [0.2, 0.25) is 0 Å². The van der Waals surface area contributed by atoms with E-state index in [1.165, 1.54) is 5.56 Å². The first-order chi connectivity index (χ1) is 8.72. The molecule has 0 aromatic heterocycles. The van der Waals surface area contributed by atoms with Gasteiger partial charge in [0.1, 0.15) is 0 Å². The lowest BCUT2D eigenvalue weighted by atomic mass is 10.1. The van der Waals surface area contributed by atoms with E-state index >= 15 is 0 Å². The Hall–Kier alpha value is -1.35. The van der Waals surface area contributed by atoms with Gasteiger partial charge < -0.3 is 11.1 Å². The molecule has 18 heavy (non-hydrogen) atoms. The van der Waals surface area contributed by atoms with Crippen LogP contribution in [0.25, 0.3) is 0 Å². The van der Waals surface area contributed by atoms with Gasteiger partial charge in [-0.3, -0.25) is 4.79 Å². The second-order valence-electron chi connectivity index (χ2n) is 5.12. The van der Waals surface area contributed by atoms with Crippen molar-refractivity contribution in [2.75, 3.05) is 0 Å². The van der Waals surface area contributed by atoms with Gasteiger partial charge in [-0.2, -0.15) is 0 Å². The fourth-order valence-electron chi connectivity index (χ4n) is 2.27. The van der Waals surface area contributed by atoms with Crippen LogP contribution in [0.3, 0.4) is 0 Å². The third-order valence-corrected chi connectivity index (χ3v) is 3.55. The van der Waals surface area contributed by atoms with Crippen LogP contribution < -0.4 is 11.1 Å². The quantitative estimate of drug-likeness (QED) is 0.808. The number of rotatable bonds is 6. The molecule has 2 rings (SSSR count). The van der Waals surface area contributed by atoms with Crippen LogP contribution in [0.5, 0.6) is 0 Å². The summed E-state index contributed by atoms with van der Waals surface area (Å²) in [6.45, 7) is 2.11. The molecule has 0 saturated heterocycles. The zero-order valence-electron chi connectivity index (χ0n) is 10.9. The SMILES string of the molecule is CCCCC(N)C(=O)NC1CC1c1ccccc1. The molecule has 98 valence electrons. The molecule has 0 radical (unpaired) electrons. The fraction of sp³-hybridized carbons (Fsp3) is 0.533. The molecule has 0 heterocycles. The zero-order chi connectivity index (χ0) is 13.0. The Bertz CT molecular complexity index is 391. The van der Waals surface area contributed by atoms with Crippen LogP contribution in [-0.4, -0.2) is 18.0 Å². The predicted molar refractivity (Wildman–Crippen MR) is 73.2 cm³/mol. The monoisotopic (exact) mass is 246 g/mol. The van der Waals surface area contributed by atoms with Crippen molar-refractivity contribution in [2.24, 2.45) is 5.73 Å². The standard InChI is InChI=1S/C15H22N2O/c1-2-3-9-13(16)15(18)17-14-10-12(14)11-7-5-4-6-8-11/h4-8,12-14H,2-3,9-10,16H2,1H3,(H,17,18). The number of nitrogens with two attached hydrogens (primary N) is 1. The first-order valence-electron chi connectivity index (χ1n) is 6.83. The minimum Gasteiger partial charge on any atom is -0.351 e. The lowest BCUT2D eigenvalue weighted by Crippen LogP contribution is -2.41. The molecule has 0 bridgehead atoms. The summed E-state index contributed by atoms with van der Waals surface area (Å²) in [4.78, 5) is 11.8. The van der Waals surface area contributed by atoms with Crippen molar-refractivity contribution in [3.05, 3.63) is 35.9 Å². The zero-order valence-corrected chi connectivity index (χ0v) is 10.9. The number of benzene rings is 1. The molecule has 1 aromatic carbocycles. The molecule has 1 saturated carbocycles. The van der Waals surface area contributed by atoms with Crippen molar-refractivity contribution < 1.29 is 4.79 Å². The van der Waals surface area contributed by atoms with E-state index in [2.05, 4.69) is 24.4 Å². The number of hydrogen-bond acceptors (Lipinski definition) is 2. The van der Waals surface area contributed by atoms with Gasteiger partial charge in [-0.15, -0.1) is 0 Å². The Kier molecular flexibility index (Phi) is 4.37. The summed E-state index contributed by atoms with van der Waals surface area (Å²) in [6, 6.07) is 10.3. The van der Waals surface area contributed by atoms with E-state index in [1.807, 2.05) is 18.2 Å². The Labute approximate surface area is 109 Å². The predicted octanol–water partition coefficient (Wildman–Crippen LogP) is 2.18. The lowest BCUT2D eigenvalue weighted by molar-refractivity contribution is -0.122. The molecular weight excluding hydrogens is 224 g/mol. The maximum absolute atomic E-state index is 11.8. The average molecular weight is 246 g/mol. The van der Waals surface area contributed by atoms with Gasteiger partial charge >= 0.3 is 0 Å². The maximum Gasteiger partial charge on any atom is 0.237 e. The van der Waals surface area contributed by atoms with Crippen molar-refractivity contribution in [1.29, 1.82) is 0 Å². The van der Waals surface area contributed by atoms with Crippen molar-refractivity contribution >= 4 is 5.91 Å². The minimum absolute atomic E-state index is 0.00637. The summed E-state index contributed by atoms with van der Waals surface area (Å²) < 4.78 is 0. The van der Waals surface area contributed by atoms with E-state index < -0.39 is 0 Å². The van der Waals surface area contributed by atoms with Gasteiger partial charge in [-0.25, -0.2) is 0 Å². The third-order valence-electron chi connectivity index (χ3n) is 3.55. The Morgan fingerprint density at radius 3 is 2.83 bits per heavy atom. The van der Waals surface area contributed by atoms with Crippen molar-refractivity contribution in [2.45, 2.75) is 50.6 Å². The van der Waals surface area contributed by atoms with Crippen LogP contribution in [0.4, 0.5) is 0 Å². The number of carbonyl (C=O) groups excluding carboxylic acids is 1. The van der Waals surface area contributed by atoms with E-state index in [0.29, 0.717) is 5.92 Å². The highest BCUT2D eigenvalue weighted by Crippen LogP contribution is 2.40. The molecule has 3 heteroatoms. The van der Waals surface area contributed by atoms with Crippen molar-refractivity contribution in [1.82, 2.24) is 5.32 Å². The summed E-state index contributed by atoms with van der Waals surface area (Å²) >= 11 is 0. The molecule has 0 spiro atoms. The third kappa shape index (κ3) is 3.33.